The Hall–Kier alpha value is -0.610. The van der Waals surface area contributed by atoms with Gasteiger partial charge in [0.2, 0.25) is 0 Å². The zero-order valence-electron chi connectivity index (χ0n) is 3.09. The van der Waals surface area contributed by atoms with Crippen LogP contribution >= 0.6 is 0 Å². The predicted molar refractivity (Wildman–Crippen MR) is 19.4 cm³/mol. The van der Waals surface area contributed by atoms with Crippen LogP contribution in [0.25, 0.3) is 0 Å². The van der Waals surface area contributed by atoms with Crippen LogP contribution in [0.15, 0.2) is 4.99 Å². The molecule has 0 saturated heterocycles. The van der Waals surface area contributed by atoms with Crippen molar-refractivity contribution in [3.05, 3.63) is 0 Å². The number of nitrogens with one attached hydrogen (secondary N) is 1. The molecule has 0 unspecified atom stereocenters. The molecule has 1 aliphatic heterocycles. The Kier molecular flexibility index (Phi) is 0.736. The largest absolute Gasteiger partial charge is 0.241 e. The highest BCUT2D eigenvalue weighted by Crippen LogP contribution is 1.85. The van der Waals surface area contributed by atoms with Gasteiger partial charge in [0.25, 0.3) is 0 Å². The van der Waals surface area contributed by atoms with Crippen molar-refractivity contribution >= 4 is 6.34 Å². The molecule has 0 amide bonds. The maximum Gasteiger partial charge on any atom is 0.168 e. The van der Waals surface area contributed by atoms with Crippen molar-refractivity contribution < 1.29 is 4.84 Å². The first-order chi connectivity index (χ1) is 2.89. The summed E-state index contributed by atoms with van der Waals surface area (Å²) in [6.07, 6.45) is 1.31. The third-order valence-corrected chi connectivity index (χ3v) is 0.458. The maximum atomic E-state index is 6.59. The summed E-state index contributed by atoms with van der Waals surface area (Å²) < 4.78 is 0. The minimum absolute atomic E-state index is 0.295. The zero-order valence-corrected chi connectivity index (χ0v) is 3.09. The van der Waals surface area contributed by atoms with Crippen molar-refractivity contribution in [3.63, 3.8) is 0 Å². The fraction of sp³-hybridized carbons (Fsp3) is 0.500. The Bertz CT molecular complexity index is 71.2. The Balaban J connectivity index is 2.38. The number of nitrogens with zero attached hydrogens (tertiary/aromatic N) is 2. The van der Waals surface area contributed by atoms with Crippen LogP contribution in [0.5, 0.6) is 0 Å². The molecule has 0 aromatic rings. The smallest absolute Gasteiger partial charge is 0.168 e. The van der Waals surface area contributed by atoms with Crippen molar-refractivity contribution in [2.75, 3.05) is 6.73 Å². The molecule has 0 aromatic carbocycles. The van der Waals surface area contributed by atoms with Crippen LogP contribution in [0.4, 0.5) is 0 Å². The van der Waals surface area contributed by atoms with E-state index in [1.54, 1.807) is 0 Å². The summed E-state index contributed by atoms with van der Waals surface area (Å²) in [7, 11) is 0. The molecular weight excluding hydrogens is 82.0 g/mol. The summed E-state index contributed by atoms with van der Waals surface area (Å²) in [5.74, 6) is 6.59. The molecule has 0 aromatic heterocycles. The SMILES string of the molecule is [NH]N1C=NCO1. The maximum absolute atomic E-state index is 6.59. The number of hydroxylamine groups is 1. The van der Waals surface area contributed by atoms with Gasteiger partial charge in [-0.15, -0.1) is 5.84 Å². The van der Waals surface area contributed by atoms with E-state index in [0.717, 1.165) is 5.17 Å². The topological polar surface area (TPSA) is 48.6 Å². The van der Waals surface area contributed by atoms with Crippen molar-refractivity contribution in [3.8, 4) is 0 Å². The van der Waals surface area contributed by atoms with E-state index < -0.39 is 0 Å². The quantitative estimate of drug-likeness (QED) is 0.396. The van der Waals surface area contributed by atoms with Crippen molar-refractivity contribution in [2.24, 2.45) is 4.99 Å². The first kappa shape index (κ1) is 3.58. The molecular formula is C2H4N3O. The van der Waals surface area contributed by atoms with E-state index in [2.05, 4.69) is 9.83 Å². The normalized spacial score (nSPS) is 19.8. The lowest BCUT2D eigenvalue weighted by atomic mass is 11.2. The van der Waals surface area contributed by atoms with E-state index in [-0.39, 0.29) is 0 Å². The summed E-state index contributed by atoms with van der Waals surface area (Å²) in [5.41, 5.74) is 0. The van der Waals surface area contributed by atoms with Gasteiger partial charge in [-0.05, 0) is 0 Å². The number of aliphatic imine (C=N–C) groups is 1. The molecule has 1 rings (SSSR count). The van der Waals surface area contributed by atoms with Crippen LogP contribution in [0.3, 0.4) is 0 Å². The molecule has 0 aliphatic carbocycles. The Morgan fingerprint density at radius 1 is 2.00 bits per heavy atom. The highest BCUT2D eigenvalue weighted by atomic mass is 16.7. The Morgan fingerprint density at radius 3 is 3.00 bits per heavy atom. The molecule has 0 bridgehead atoms. The minimum atomic E-state index is 0.295. The molecule has 1 aliphatic rings. The summed E-state index contributed by atoms with van der Waals surface area (Å²) in [6, 6.07) is 0. The molecule has 1 N–H and O–H groups in total. The molecule has 0 atom stereocenters. The summed E-state index contributed by atoms with van der Waals surface area (Å²) in [4.78, 5) is 7.99. The first-order valence-corrected chi connectivity index (χ1v) is 1.53. The van der Waals surface area contributed by atoms with Gasteiger partial charge in [-0.3, -0.25) is 0 Å². The van der Waals surface area contributed by atoms with Gasteiger partial charge in [0.05, 0.1) is 0 Å². The Labute approximate surface area is 35.1 Å². The van der Waals surface area contributed by atoms with E-state index in [0.29, 0.717) is 6.73 Å². The number of rotatable bonds is 0. The summed E-state index contributed by atoms with van der Waals surface area (Å²) >= 11 is 0. The fourth-order valence-corrected chi connectivity index (χ4v) is 0.236. The van der Waals surface area contributed by atoms with Gasteiger partial charge in [0.15, 0.2) is 6.73 Å². The molecule has 0 spiro atoms. The van der Waals surface area contributed by atoms with Gasteiger partial charge in [-0.25, -0.2) is 9.83 Å². The Morgan fingerprint density at radius 2 is 2.83 bits per heavy atom. The van der Waals surface area contributed by atoms with E-state index in [1.165, 1.54) is 6.34 Å². The fourth-order valence-electron chi connectivity index (χ4n) is 0.236. The van der Waals surface area contributed by atoms with Gasteiger partial charge in [0.1, 0.15) is 6.34 Å². The second-order valence-corrected chi connectivity index (χ2v) is 0.882. The molecule has 33 valence electrons. The van der Waals surface area contributed by atoms with Gasteiger partial charge in [-0.1, -0.05) is 0 Å². The van der Waals surface area contributed by atoms with Crippen LogP contribution in [-0.4, -0.2) is 18.2 Å². The lowest BCUT2D eigenvalue weighted by molar-refractivity contribution is -0.0813. The van der Waals surface area contributed by atoms with Crippen molar-refractivity contribution in [1.82, 2.24) is 11.0 Å². The van der Waals surface area contributed by atoms with Gasteiger partial charge < -0.3 is 0 Å². The lowest BCUT2D eigenvalue weighted by Crippen LogP contribution is -2.12. The third kappa shape index (κ3) is 0.474. The van der Waals surface area contributed by atoms with Crippen LogP contribution in [0.1, 0.15) is 0 Å². The van der Waals surface area contributed by atoms with Gasteiger partial charge in [-0.2, -0.15) is 5.17 Å². The molecule has 6 heavy (non-hydrogen) atoms. The molecule has 1 radical (unpaired) electrons. The first-order valence-electron chi connectivity index (χ1n) is 1.53. The van der Waals surface area contributed by atoms with E-state index in [4.69, 9.17) is 5.84 Å². The number of hydrogen-bond acceptors (Lipinski definition) is 3. The molecule has 0 fully saturated rings. The predicted octanol–water partition coefficient (Wildman–Crippen LogP) is -0.583. The second kappa shape index (κ2) is 1.24. The molecule has 4 heteroatoms. The zero-order chi connectivity index (χ0) is 4.41. The van der Waals surface area contributed by atoms with Crippen LogP contribution < -0.4 is 5.84 Å². The van der Waals surface area contributed by atoms with Crippen LogP contribution in [0.2, 0.25) is 0 Å². The van der Waals surface area contributed by atoms with Crippen LogP contribution in [-0.2, 0) is 4.84 Å². The van der Waals surface area contributed by atoms with E-state index in [9.17, 15) is 0 Å². The number of hydrogen-bond donors (Lipinski definition) is 0. The highest BCUT2D eigenvalue weighted by molar-refractivity contribution is 5.53. The second-order valence-electron chi connectivity index (χ2n) is 0.882. The molecule has 1 heterocycles. The third-order valence-electron chi connectivity index (χ3n) is 0.458. The highest BCUT2D eigenvalue weighted by Gasteiger charge is 1.96. The van der Waals surface area contributed by atoms with Crippen molar-refractivity contribution in [2.45, 2.75) is 0 Å². The average Bonchev–Trinajstić information content (AvgIpc) is 1.86. The lowest BCUT2D eigenvalue weighted by Gasteiger charge is -1.97. The van der Waals surface area contributed by atoms with E-state index in [1.807, 2.05) is 0 Å². The van der Waals surface area contributed by atoms with Crippen LogP contribution in [0, 0.1) is 0 Å². The summed E-state index contributed by atoms with van der Waals surface area (Å²) in [5, 5.41) is 0.819. The summed E-state index contributed by atoms with van der Waals surface area (Å²) in [6.45, 7) is 0.295. The monoisotopic (exact) mass is 86.0 g/mol. The van der Waals surface area contributed by atoms with Gasteiger partial charge in [0, 0.05) is 0 Å². The van der Waals surface area contributed by atoms with E-state index >= 15 is 0 Å². The molecule has 0 saturated carbocycles. The van der Waals surface area contributed by atoms with Crippen molar-refractivity contribution in [1.29, 1.82) is 0 Å². The molecule has 4 nitrogen and oxygen atoms in total. The minimum Gasteiger partial charge on any atom is -0.241 e. The average molecular weight is 86.1 g/mol. The standard InChI is InChI=1S/C2H4N3O/c3-5-1-4-2-6-5/h1,3H,2H2. The van der Waals surface area contributed by atoms with Gasteiger partial charge >= 0.3 is 0 Å².